The van der Waals surface area contributed by atoms with E-state index in [-0.39, 0.29) is 11.1 Å². The average molecular weight is 271 g/mol. The number of hydrogen-bond acceptors (Lipinski definition) is 5. The van der Waals surface area contributed by atoms with Crippen LogP contribution in [0.1, 0.15) is 10.4 Å². The summed E-state index contributed by atoms with van der Waals surface area (Å²) in [5, 5.41) is 13.4. The number of hydrogen-bond donors (Lipinski definition) is 2. The Balaban J connectivity index is 2.02. The number of nitrogens with zero attached hydrogens (tertiary/aromatic N) is 1. The second-order valence-corrected chi connectivity index (χ2v) is 4.71. The number of amides is 1. The second-order valence-electron chi connectivity index (χ2n) is 3.82. The Bertz CT molecular complexity index is 793. The van der Waals surface area contributed by atoms with E-state index >= 15 is 0 Å². The summed E-state index contributed by atoms with van der Waals surface area (Å²) in [7, 11) is 0. The molecule has 0 bridgehead atoms. The maximum absolute atomic E-state index is 12.1. The van der Waals surface area contributed by atoms with E-state index in [0.29, 0.717) is 10.7 Å². The molecule has 3 rings (SSSR count). The largest absolute Gasteiger partial charge is 0.438 e. The summed E-state index contributed by atoms with van der Waals surface area (Å²) in [5.41, 5.74) is 0.611. The van der Waals surface area contributed by atoms with Crippen molar-refractivity contribution in [2.75, 3.05) is 5.32 Å². The fourth-order valence-corrected chi connectivity index (χ4v) is 2.22. The zero-order chi connectivity index (χ0) is 13.2. The van der Waals surface area contributed by atoms with Crippen LogP contribution >= 0.6 is 11.3 Å². The van der Waals surface area contributed by atoms with E-state index in [1.165, 1.54) is 11.3 Å². The third-order valence-electron chi connectivity index (χ3n) is 2.57. The van der Waals surface area contributed by atoms with Crippen LogP contribution in [0.3, 0.4) is 0 Å². The number of aromatic nitrogens is 1. The van der Waals surface area contributed by atoms with Crippen molar-refractivity contribution < 1.29 is 9.21 Å². The van der Waals surface area contributed by atoms with Gasteiger partial charge < -0.3 is 4.42 Å². The molecule has 94 valence electrons. The molecule has 0 saturated carbocycles. The standard InChI is InChI=1S/C13H9N3O2S/c14-11-9(12(17)16-13-15-5-6-19-13)7-8-3-1-2-4-10(8)18-11/h1-7,14H,(H,15,16,17). The number of para-hydroxylation sites is 1. The van der Waals surface area contributed by atoms with Crippen LogP contribution < -0.4 is 10.9 Å². The SMILES string of the molecule is N=c1oc2ccccc2cc1C(=O)Nc1nccs1. The lowest BCUT2D eigenvalue weighted by atomic mass is 10.2. The highest BCUT2D eigenvalue weighted by atomic mass is 32.1. The first-order valence-corrected chi connectivity index (χ1v) is 6.40. The minimum atomic E-state index is -0.394. The zero-order valence-corrected chi connectivity index (χ0v) is 10.5. The van der Waals surface area contributed by atoms with Gasteiger partial charge in [0.05, 0.1) is 0 Å². The maximum atomic E-state index is 12.1. The van der Waals surface area contributed by atoms with Crippen LogP contribution in [-0.4, -0.2) is 10.9 Å². The highest BCUT2D eigenvalue weighted by Crippen LogP contribution is 2.15. The number of benzene rings is 1. The predicted molar refractivity (Wildman–Crippen MR) is 72.1 cm³/mol. The Morgan fingerprint density at radius 1 is 1.37 bits per heavy atom. The zero-order valence-electron chi connectivity index (χ0n) is 9.71. The maximum Gasteiger partial charge on any atom is 0.262 e. The summed E-state index contributed by atoms with van der Waals surface area (Å²) in [6.45, 7) is 0. The van der Waals surface area contributed by atoms with Gasteiger partial charge in [-0.15, -0.1) is 11.3 Å². The summed E-state index contributed by atoms with van der Waals surface area (Å²) in [4.78, 5) is 16.0. The molecule has 0 unspecified atom stereocenters. The van der Waals surface area contributed by atoms with E-state index in [9.17, 15) is 4.79 Å². The lowest BCUT2D eigenvalue weighted by Gasteiger charge is -2.03. The molecule has 2 aromatic heterocycles. The summed E-state index contributed by atoms with van der Waals surface area (Å²) in [5.74, 6) is -0.394. The lowest BCUT2D eigenvalue weighted by molar-refractivity contribution is 0.102. The van der Waals surface area contributed by atoms with Crippen molar-refractivity contribution in [3.63, 3.8) is 0 Å². The van der Waals surface area contributed by atoms with Gasteiger partial charge in [0.1, 0.15) is 11.1 Å². The molecule has 5 nitrogen and oxygen atoms in total. The fraction of sp³-hybridized carbons (Fsp3) is 0. The first-order chi connectivity index (χ1) is 9.24. The van der Waals surface area contributed by atoms with Crippen LogP contribution in [0.2, 0.25) is 0 Å². The van der Waals surface area contributed by atoms with Gasteiger partial charge in [-0.05, 0) is 12.1 Å². The summed E-state index contributed by atoms with van der Waals surface area (Å²) in [6.07, 6.45) is 1.60. The first-order valence-electron chi connectivity index (χ1n) is 5.52. The number of thiazole rings is 1. The minimum Gasteiger partial charge on any atom is -0.438 e. The number of nitrogens with one attached hydrogen (secondary N) is 2. The van der Waals surface area contributed by atoms with Gasteiger partial charge in [0, 0.05) is 17.0 Å². The van der Waals surface area contributed by atoms with Crippen molar-refractivity contribution in [1.82, 2.24) is 4.98 Å². The van der Waals surface area contributed by atoms with Crippen molar-refractivity contribution in [3.8, 4) is 0 Å². The first kappa shape index (κ1) is 11.6. The van der Waals surface area contributed by atoms with Gasteiger partial charge in [0.15, 0.2) is 5.13 Å². The fourth-order valence-electron chi connectivity index (χ4n) is 1.70. The number of fused-ring (bicyclic) bond motifs is 1. The minimum absolute atomic E-state index is 0.159. The van der Waals surface area contributed by atoms with E-state index < -0.39 is 5.91 Å². The molecule has 2 N–H and O–H groups in total. The molecule has 0 aliphatic carbocycles. The topological polar surface area (TPSA) is 79.0 Å². The van der Waals surface area contributed by atoms with Crippen LogP contribution in [-0.2, 0) is 0 Å². The highest BCUT2D eigenvalue weighted by molar-refractivity contribution is 7.13. The van der Waals surface area contributed by atoms with E-state index in [2.05, 4.69) is 10.3 Å². The average Bonchev–Trinajstić information content (AvgIpc) is 2.90. The van der Waals surface area contributed by atoms with E-state index in [1.807, 2.05) is 18.2 Å². The molecular weight excluding hydrogens is 262 g/mol. The molecule has 0 radical (unpaired) electrons. The molecule has 0 saturated heterocycles. The van der Waals surface area contributed by atoms with Gasteiger partial charge in [-0.25, -0.2) is 4.98 Å². The quantitative estimate of drug-likeness (QED) is 0.752. The third kappa shape index (κ3) is 2.25. The third-order valence-corrected chi connectivity index (χ3v) is 3.26. The lowest BCUT2D eigenvalue weighted by Crippen LogP contribution is -2.20. The molecule has 0 spiro atoms. The molecule has 0 fully saturated rings. The summed E-state index contributed by atoms with van der Waals surface area (Å²) >= 11 is 1.32. The van der Waals surface area contributed by atoms with E-state index in [4.69, 9.17) is 9.83 Å². The monoisotopic (exact) mass is 271 g/mol. The van der Waals surface area contributed by atoms with Crippen LogP contribution in [0, 0.1) is 5.41 Å². The molecule has 1 aromatic carbocycles. The molecule has 0 aliphatic heterocycles. The molecule has 3 aromatic rings. The Morgan fingerprint density at radius 2 is 2.21 bits per heavy atom. The van der Waals surface area contributed by atoms with Gasteiger partial charge in [0.2, 0.25) is 5.55 Å². The molecule has 19 heavy (non-hydrogen) atoms. The smallest absolute Gasteiger partial charge is 0.262 e. The van der Waals surface area contributed by atoms with Crippen molar-refractivity contribution in [1.29, 1.82) is 5.41 Å². The van der Waals surface area contributed by atoms with Gasteiger partial charge in [-0.2, -0.15) is 0 Å². The molecule has 0 aliphatic rings. The molecule has 0 atom stereocenters. The van der Waals surface area contributed by atoms with Crippen molar-refractivity contribution in [3.05, 3.63) is 53.0 Å². The number of rotatable bonds is 2. The molecule has 1 amide bonds. The normalized spacial score (nSPS) is 10.5. The van der Waals surface area contributed by atoms with Crippen LogP contribution in [0.5, 0.6) is 0 Å². The van der Waals surface area contributed by atoms with Gasteiger partial charge in [0.25, 0.3) is 5.91 Å². The van der Waals surface area contributed by atoms with Crippen molar-refractivity contribution in [2.24, 2.45) is 0 Å². The summed E-state index contributed by atoms with van der Waals surface area (Å²) in [6, 6.07) is 8.91. The Hall–Kier alpha value is -2.47. The molecule has 2 heterocycles. The molecule has 6 heteroatoms. The summed E-state index contributed by atoms with van der Waals surface area (Å²) < 4.78 is 5.32. The Morgan fingerprint density at radius 3 is 3.00 bits per heavy atom. The van der Waals surface area contributed by atoms with Crippen LogP contribution in [0.15, 0.2) is 46.3 Å². The Labute approximate surface area is 112 Å². The van der Waals surface area contributed by atoms with E-state index in [1.54, 1.807) is 23.7 Å². The number of carbonyl (C=O) groups is 1. The van der Waals surface area contributed by atoms with Crippen LogP contribution in [0.25, 0.3) is 11.0 Å². The Kier molecular flexibility index (Phi) is 2.85. The predicted octanol–water partition coefficient (Wildman–Crippen LogP) is 2.62. The van der Waals surface area contributed by atoms with E-state index in [0.717, 1.165) is 5.39 Å². The van der Waals surface area contributed by atoms with Crippen molar-refractivity contribution in [2.45, 2.75) is 0 Å². The van der Waals surface area contributed by atoms with Gasteiger partial charge in [-0.3, -0.25) is 15.5 Å². The highest BCUT2D eigenvalue weighted by Gasteiger charge is 2.12. The van der Waals surface area contributed by atoms with Crippen LogP contribution in [0.4, 0.5) is 5.13 Å². The van der Waals surface area contributed by atoms with Gasteiger partial charge in [-0.1, -0.05) is 18.2 Å². The second kappa shape index (κ2) is 4.66. The van der Waals surface area contributed by atoms with Crippen molar-refractivity contribution >= 4 is 33.3 Å². The molecular formula is C13H9N3O2S. The number of carbonyl (C=O) groups excluding carboxylic acids is 1. The number of anilines is 1. The van der Waals surface area contributed by atoms with Gasteiger partial charge >= 0.3 is 0 Å².